The molecular formula is C9H11NO4S. The Balaban J connectivity index is 2.32. The van der Waals surface area contributed by atoms with E-state index >= 15 is 0 Å². The van der Waals surface area contributed by atoms with E-state index in [1.54, 1.807) is 6.92 Å². The molecule has 2 rings (SSSR count). The molecule has 15 heavy (non-hydrogen) atoms. The van der Waals surface area contributed by atoms with E-state index < -0.39 is 12.1 Å². The van der Waals surface area contributed by atoms with Gasteiger partial charge in [0.2, 0.25) is 0 Å². The Morgan fingerprint density at radius 3 is 2.87 bits per heavy atom. The maximum atomic E-state index is 11.6. The van der Waals surface area contributed by atoms with Crippen LogP contribution in [0.5, 0.6) is 0 Å². The molecule has 0 unspecified atom stereocenters. The van der Waals surface area contributed by atoms with Crippen molar-refractivity contribution >= 4 is 23.6 Å². The first-order valence-electron chi connectivity index (χ1n) is 4.48. The Labute approximate surface area is 91.1 Å². The Hall–Kier alpha value is -1.01. The predicted octanol–water partition coefficient (Wildman–Crippen LogP) is 0.275. The number of fused-ring (bicyclic) bond motifs is 1. The van der Waals surface area contributed by atoms with Gasteiger partial charge in [-0.15, -0.1) is 11.8 Å². The molecule has 82 valence electrons. The van der Waals surface area contributed by atoms with Gasteiger partial charge in [-0.25, -0.2) is 4.79 Å². The molecule has 2 aliphatic heterocycles. The van der Waals surface area contributed by atoms with Crippen LogP contribution in [-0.2, 0) is 14.3 Å². The van der Waals surface area contributed by atoms with E-state index in [4.69, 9.17) is 9.84 Å². The second-order valence-corrected chi connectivity index (χ2v) is 4.61. The molecule has 2 aliphatic rings. The third-order valence-electron chi connectivity index (χ3n) is 2.57. The molecule has 1 amide bonds. The summed E-state index contributed by atoms with van der Waals surface area (Å²) in [6.07, 6.45) is -0.488. The zero-order valence-electron chi connectivity index (χ0n) is 8.39. The Morgan fingerprint density at radius 1 is 1.67 bits per heavy atom. The summed E-state index contributed by atoms with van der Waals surface area (Å²) in [5, 5.41) is 8.84. The number of aliphatic carboxylic acids is 1. The van der Waals surface area contributed by atoms with Gasteiger partial charge >= 0.3 is 5.97 Å². The zero-order chi connectivity index (χ0) is 11.2. The number of methoxy groups -OCH3 is 1. The first-order chi connectivity index (χ1) is 7.07. The number of ether oxygens (including phenoxy) is 1. The van der Waals surface area contributed by atoms with E-state index in [-0.39, 0.29) is 17.0 Å². The van der Waals surface area contributed by atoms with Crippen molar-refractivity contribution in [2.75, 3.05) is 12.9 Å². The van der Waals surface area contributed by atoms with Crippen LogP contribution in [0, 0.1) is 0 Å². The number of carboxylic acid groups (broad SMARTS) is 1. The van der Waals surface area contributed by atoms with Crippen molar-refractivity contribution in [3.63, 3.8) is 0 Å². The molecule has 5 nitrogen and oxygen atoms in total. The van der Waals surface area contributed by atoms with Gasteiger partial charge in [0.25, 0.3) is 5.91 Å². The van der Waals surface area contributed by atoms with Gasteiger partial charge in [0.05, 0.1) is 0 Å². The number of hydrogen-bond donors (Lipinski definition) is 1. The summed E-state index contributed by atoms with van der Waals surface area (Å²) in [5.41, 5.74) is 0.851. The van der Waals surface area contributed by atoms with Crippen LogP contribution in [0.2, 0.25) is 0 Å². The number of β-lactam (4-membered cyclic amide) rings is 1. The lowest BCUT2D eigenvalue weighted by molar-refractivity contribution is -0.162. The highest BCUT2D eigenvalue weighted by Gasteiger charge is 2.53. The van der Waals surface area contributed by atoms with Gasteiger partial charge in [0.1, 0.15) is 11.1 Å². The van der Waals surface area contributed by atoms with Crippen molar-refractivity contribution in [2.45, 2.75) is 18.4 Å². The van der Waals surface area contributed by atoms with Crippen molar-refractivity contribution in [3.05, 3.63) is 11.3 Å². The summed E-state index contributed by atoms with van der Waals surface area (Å²) in [6.45, 7) is 1.74. The average molecular weight is 229 g/mol. The fourth-order valence-corrected chi connectivity index (χ4v) is 3.14. The molecule has 1 N–H and O–H groups in total. The van der Waals surface area contributed by atoms with Crippen molar-refractivity contribution < 1.29 is 19.4 Å². The lowest BCUT2D eigenvalue weighted by Gasteiger charge is -2.48. The Morgan fingerprint density at radius 2 is 2.33 bits per heavy atom. The highest BCUT2D eigenvalue weighted by molar-refractivity contribution is 8.00. The number of carboxylic acids is 1. The number of amides is 1. The second-order valence-electron chi connectivity index (χ2n) is 3.50. The molecule has 2 atom stereocenters. The fraction of sp³-hybridized carbons (Fsp3) is 0.556. The van der Waals surface area contributed by atoms with Gasteiger partial charge in [-0.3, -0.25) is 9.69 Å². The van der Waals surface area contributed by atoms with Gasteiger partial charge in [-0.2, -0.15) is 0 Å². The molecule has 6 heteroatoms. The summed E-state index contributed by atoms with van der Waals surface area (Å²) in [4.78, 5) is 23.9. The van der Waals surface area contributed by atoms with Gasteiger partial charge in [0, 0.05) is 12.9 Å². The largest absolute Gasteiger partial charge is 0.477 e. The lowest BCUT2D eigenvalue weighted by Crippen LogP contribution is -2.65. The minimum atomic E-state index is -1.04. The van der Waals surface area contributed by atoms with E-state index in [0.29, 0.717) is 5.75 Å². The number of rotatable bonds is 2. The molecule has 0 aliphatic carbocycles. The van der Waals surface area contributed by atoms with Gasteiger partial charge in [0.15, 0.2) is 6.10 Å². The van der Waals surface area contributed by atoms with Gasteiger partial charge in [-0.1, -0.05) is 0 Å². The summed E-state index contributed by atoms with van der Waals surface area (Å²) in [7, 11) is 1.46. The SMILES string of the molecule is CO[C@@H]1C(=O)N2C(C(=O)O)=C(C)CS[C@@H]12. The minimum Gasteiger partial charge on any atom is -0.477 e. The molecule has 0 aromatic rings. The number of nitrogens with zero attached hydrogens (tertiary/aromatic N) is 1. The molecule has 0 spiro atoms. The van der Waals surface area contributed by atoms with E-state index in [1.165, 1.54) is 23.8 Å². The molecule has 2 heterocycles. The summed E-state index contributed by atoms with van der Waals surface area (Å²) in [5.74, 6) is -0.664. The molecule has 0 bridgehead atoms. The first kappa shape index (κ1) is 10.5. The van der Waals surface area contributed by atoms with Crippen LogP contribution in [0.25, 0.3) is 0 Å². The van der Waals surface area contributed by atoms with E-state index in [2.05, 4.69) is 0 Å². The maximum absolute atomic E-state index is 11.6. The normalized spacial score (nSPS) is 30.0. The predicted molar refractivity (Wildman–Crippen MR) is 54.2 cm³/mol. The van der Waals surface area contributed by atoms with Crippen molar-refractivity contribution in [1.29, 1.82) is 0 Å². The smallest absolute Gasteiger partial charge is 0.352 e. The van der Waals surface area contributed by atoms with Gasteiger partial charge in [-0.05, 0) is 12.5 Å². The van der Waals surface area contributed by atoms with Crippen LogP contribution in [0.4, 0.5) is 0 Å². The highest BCUT2D eigenvalue weighted by atomic mass is 32.2. The second kappa shape index (κ2) is 3.53. The minimum absolute atomic E-state index is 0.122. The standard InChI is InChI=1S/C9H11NO4S/c1-4-3-15-8-6(14-2)7(11)10(8)5(4)9(12)13/h6,8H,3H2,1-2H3,(H,12,13)/t6-,8+/m1/s1. The number of carbonyl (C=O) groups is 2. The molecule has 0 radical (unpaired) electrons. The Kier molecular flexibility index (Phi) is 2.47. The monoisotopic (exact) mass is 229 g/mol. The summed E-state index contributed by atoms with van der Waals surface area (Å²) < 4.78 is 5.00. The molecular weight excluding hydrogens is 218 g/mol. The van der Waals surface area contributed by atoms with E-state index in [9.17, 15) is 9.59 Å². The third kappa shape index (κ3) is 1.36. The fourth-order valence-electron chi connectivity index (χ4n) is 1.82. The topological polar surface area (TPSA) is 66.8 Å². The van der Waals surface area contributed by atoms with Crippen LogP contribution in [0.15, 0.2) is 11.3 Å². The van der Waals surface area contributed by atoms with Gasteiger partial charge < -0.3 is 9.84 Å². The van der Waals surface area contributed by atoms with Crippen LogP contribution < -0.4 is 0 Å². The number of hydrogen-bond acceptors (Lipinski definition) is 4. The summed E-state index contributed by atoms with van der Waals surface area (Å²) >= 11 is 1.54. The maximum Gasteiger partial charge on any atom is 0.352 e. The lowest BCUT2D eigenvalue weighted by atomic mass is 10.1. The van der Waals surface area contributed by atoms with E-state index in [1.807, 2.05) is 0 Å². The van der Waals surface area contributed by atoms with Crippen molar-refractivity contribution in [2.24, 2.45) is 0 Å². The molecule has 0 aromatic carbocycles. The van der Waals surface area contributed by atoms with E-state index in [0.717, 1.165) is 5.57 Å². The summed E-state index contributed by atoms with van der Waals surface area (Å²) in [6, 6.07) is 0. The van der Waals surface area contributed by atoms with Crippen molar-refractivity contribution in [1.82, 2.24) is 4.90 Å². The molecule has 0 aromatic heterocycles. The highest BCUT2D eigenvalue weighted by Crippen LogP contribution is 2.40. The quantitative estimate of drug-likeness (QED) is 0.689. The van der Waals surface area contributed by atoms with Crippen LogP contribution in [0.3, 0.4) is 0 Å². The average Bonchev–Trinajstić information content (AvgIpc) is 2.18. The number of carbonyl (C=O) groups excluding carboxylic acids is 1. The Bertz CT molecular complexity index is 365. The molecule has 1 fully saturated rings. The molecule has 1 saturated heterocycles. The third-order valence-corrected chi connectivity index (χ3v) is 3.97. The van der Waals surface area contributed by atoms with Crippen LogP contribution >= 0.6 is 11.8 Å². The van der Waals surface area contributed by atoms with Crippen molar-refractivity contribution in [3.8, 4) is 0 Å². The molecule has 0 saturated carbocycles. The van der Waals surface area contributed by atoms with Crippen LogP contribution in [-0.4, -0.2) is 46.2 Å². The number of thioether (sulfide) groups is 1. The first-order valence-corrected chi connectivity index (χ1v) is 5.53. The zero-order valence-corrected chi connectivity index (χ0v) is 9.21. The van der Waals surface area contributed by atoms with Crippen LogP contribution in [0.1, 0.15) is 6.92 Å².